The quantitative estimate of drug-likeness (QED) is 0.390. The van der Waals surface area contributed by atoms with E-state index in [9.17, 15) is 14.7 Å². The van der Waals surface area contributed by atoms with Crippen LogP contribution >= 0.6 is 0 Å². The molecule has 0 spiro atoms. The number of carboxylic acid groups (broad SMARTS) is 1. The fraction of sp³-hybridized carbons (Fsp3) is 0.440. The summed E-state index contributed by atoms with van der Waals surface area (Å²) >= 11 is 0. The lowest BCUT2D eigenvalue weighted by Crippen LogP contribution is -2.53. The molecule has 0 aliphatic heterocycles. The molecular formula is C25H35N2O4+. The van der Waals surface area contributed by atoms with Crippen molar-refractivity contribution in [3.63, 3.8) is 0 Å². The highest BCUT2D eigenvalue weighted by Gasteiger charge is 2.42. The topological polar surface area (TPSA) is 66.8 Å². The molecule has 0 heterocycles. The molecule has 6 nitrogen and oxygen atoms in total. The highest BCUT2D eigenvalue weighted by Crippen LogP contribution is 2.29. The van der Waals surface area contributed by atoms with Crippen LogP contribution in [0.3, 0.4) is 0 Å². The van der Waals surface area contributed by atoms with Crippen LogP contribution in [0.2, 0.25) is 0 Å². The van der Waals surface area contributed by atoms with Crippen molar-refractivity contribution in [1.82, 2.24) is 4.65 Å². The SMILES string of the molecule is CCCC(C)c1cccc(N(CCC)C(=O)O[N+](C)(C(=O)O)c2ccc(C)c(C)c2)c1. The summed E-state index contributed by atoms with van der Waals surface area (Å²) in [4.78, 5) is 32.5. The standard InChI is InChI=1S/C25H34N2O4/c1-7-10-19(4)21-11-9-12-22(17-21)26(15-8-2)24(28)31-27(6,25(29)30)23-14-13-18(3)20(5)16-23/h9,11-14,16-17,19H,7-8,10,15H2,1-6H3/p+1. The maximum Gasteiger partial charge on any atom is 0.562 e. The van der Waals surface area contributed by atoms with Gasteiger partial charge in [-0.15, -0.1) is 0 Å². The number of anilines is 1. The zero-order valence-corrected chi connectivity index (χ0v) is 19.5. The van der Waals surface area contributed by atoms with Crippen LogP contribution in [0.1, 0.15) is 62.6 Å². The van der Waals surface area contributed by atoms with E-state index in [1.807, 2.05) is 45.0 Å². The third kappa shape index (κ3) is 5.64. The summed E-state index contributed by atoms with van der Waals surface area (Å²) in [6, 6.07) is 13.1. The van der Waals surface area contributed by atoms with E-state index in [-0.39, 0.29) is 0 Å². The molecular weight excluding hydrogens is 392 g/mol. The van der Waals surface area contributed by atoms with Crippen molar-refractivity contribution in [2.45, 2.75) is 59.8 Å². The van der Waals surface area contributed by atoms with Crippen molar-refractivity contribution in [1.29, 1.82) is 0 Å². The number of quaternary nitrogens is 1. The largest absolute Gasteiger partial charge is 0.562 e. The van der Waals surface area contributed by atoms with Crippen molar-refractivity contribution in [3.8, 4) is 0 Å². The average Bonchev–Trinajstić information content (AvgIpc) is 2.73. The van der Waals surface area contributed by atoms with Crippen LogP contribution < -0.4 is 9.55 Å². The number of hydrogen-bond donors (Lipinski definition) is 1. The highest BCUT2D eigenvalue weighted by atomic mass is 16.8. The number of rotatable bonds is 7. The zero-order valence-electron chi connectivity index (χ0n) is 19.5. The molecule has 0 aliphatic carbocycles. The first-order valence-electron chi connectivity index (χ1n) is 10.9. The predicted octanol–water partition coefficient (Wildman–Crippen LogP) is 6.79. The minimum atomic E-state index is -1.27. The second kappa shape index (κ2) is 10.4. The molecule has 0 saturated carbocycles. The molecule has 0 saturated heterocycles. The van der Waals surface area contributed by atoms with Gasteiger partial charge in [-0.3, -0.25) is 4.90 Å². The van der Waals surface area contributed by atoms with Gasteiger partial charge in [0.1, 0.15) is 7.05 Å². The second-order valence-electron chi connectivity index (χ2n) is 8.27. The maximum atomic E-state index is 13.2. The molecule has 1 N–H and O–H groups in total. The van der Waals surface area contributed by atoms with Crippen molar-refractivity contribution in [3.05, 3.63) is 59.2 Å². The monoisotopic (exact) mass is 427 g/mol. The molecule has 2 amide bonds. The fourth-order valence-electron chi connectivity index (χ4n) is 3.55. The van der Waals surface area contributed by atoms with Gasteiger partial charge in [-0.2, -0.15) is 4.79 Å². The van der Waals surface area contributed by atoms with Crippen LogP contribution in [0.5, 0.6) is 0 Å². The second-order valence-corrected chi connectivity index (χ2v) is 8.27. The molecule has 0 aliphatic rings. The molecule has 2 aromatic rings. The number of carbonyl (C=O) groups excluding carboxylic acids is 1. The first kappa shape index (κ1) is 24.4. The molecule has 0 bridgehead atoms. The molecule has 0 aromatic heterocycles. The lowest BCUT2D eigenvalue weighted by Gasteiger charge is -2.28. The Labute approximate surface area is 185 Å². The van der Waals surface area contributed by atoms with Gasteiger partial charge < -0.3 is 5.11 Å². The Morgan fingerprint density at radius 3 is 2.35 bits per heavy atom. The Balaban J connectivity index is 2.38. The molecule has 2 rings (SSSR count). The minimum Gasteiger partial charge on any atom is -0.432 e. The van der Waals surface area contributed by atoms with Crippen LogP contribution in [-0.4, -0.2) is 30.9 Å². The van der Waals surface area contributed by atoms with Crippen molar-refractivity contribution in [2.24, 2.45) is 0 Å². The Morgan fingerprint density at radius 1 is 1.06 bits per heavy atom. The van der Waals surface area contributed by atoms with Crippen molar-refractivity contribution in [2.75, 3.05) is 18.5 Å². The van der Waals surface area contributed by atoms with Gasteiger partial charge in [-0.25, -0.2) is 9.63 Å². The lowest BCUT2D eigenvalue weighted by molar-refractivity contribution is -0.0455. The van der Waals surface area contributed by atoms with E-state index >= 15 is 0 Å². The molecule has 31 heavy (non-hydrogen) atoms. The van der Waals surface area contributed by atoms with Crippen molar-refractivity contribution >= 4 is 23.6 Å². The molecule has 6 heteroatoms. The van der Waals surface area contributed by atoms with Gasteiger partial charge in [0, 0.05) is 24.4 Å². The Morgan fingerprint density at radius 2 is 1.77 bits per heavy atom. The van der Waals surface area contributed by atoms with E-state index in [2.05, 4.69) is 19.9 Å². The molecule has 2 aromatic carbocycles. The van der Waals surface area contributed by atoms with Crippen molar-refractivity contribution < 1.29 is 19.5 Å². The van der Waals surface area contributed by atoms with Crippen LogP contribution in [0.15, 0.2) is 42.5 Å². The number of hydrogen-bond acceptors (Lipinski definition) is 3. The third-order valence-corrected chi connectivity index (χ3v) is 5.75. The average molecular weight is 428 g/mol. The van der Waals surface area contributed by atoms with E-state index < -0.39 is 16.8 Å². The van der Waals surface area contributed by atoms with Gasteiger partial charge in [-0.05, 0) is 66.1 Å². The maximum absolute atomic E-state index is 13.2. The van der Waals surface area contributed by atoms with E-state index in [0.717, 1.165) is 29.5 Å². The van der Waals surface area contributed by atoms with Gasteiger partial charge in [0.25, 0.3) is 0 Å². The lowest BCUT2D eigenvalue weighted by atomic mass is 9.96. The minimum absolute atomic E-state index is 0.375. The summed E-state index contributed by atoms with van der Waals surface area (Å²) in [5, 5.41) is 9.93. The van der Waals surface area contributed by atoms with E-state index in [4.69, 9.17) is 4.84 Å². The van der Waals surface area contributed by atoms with Crippen LogP contribution in [0, 0.1) is 13.8 Å². The summed E-state index contributed by atoms with van der Waals surface area (Å²) in [7, 11) is 1.37. The highest BCUT2D eigenvalue weighted by molar-refractivity contribution is 5.90. The summed E-state index contributed by atoms with van der Waals surface area (Å²) in [6.45, 7) is 10.6. The van der Waals surface area contributed by atoms with E-state index in [1.165, 1.54) is 11.9 Å². The van der Waals surface area contributed by atoms with Crippen LogP contribution in [-0.2, 0) is 4.84 Å². The number of amides is 2. The molecule has 2 atom stereocenters. The molecule has 2 unspecified atom stereocenters. The molecule has 168 valence electrons. The van der Waals surface area contributed by atoms with E-state index in [0.29, 0.717) is 30.3 Å². The number of aryl methyl sites for hydroxylation is 2. The summed E-state index contributed by atoms with van der Waals surface area (Å²) in [5.74, 6) is 0.375. The number of hydroxylamine groups is 2. The molecule has 0 fully saturated rings. The zero-order chi connectivity index (χ0) is 23.2. The van der Waals surface area contributed by atoms with Gasteiger partial charge in [-0.1, -0.05) is 45.4 Å². The first-order valence-corrected chi connectivity index (χ1v) is 10.9. The number of benzene rings is 2. The Bertz CT molecular complexity index is 927. The first-order chi connectivity index (χ1) is 14.6. The number of carbonyl (C=O) groups is 2. The predicted molar refractivity (Wildman–Crippen MR) is 126 cm³/mol. The smallest absolute Gasteiger partial charge is 0.432 e. The summed E-state index contributed by atoms with van der Waals surface area (Å²) in [5.41, 5.74) is 4.22. The molecule has 0 radical (unpaired) electrons. The fourth-order valence-corrected chi connectivity index (χ4v) is 3.55. The van der Waals surface area contributed by atoms with Gasteiger partial charge in [0.2, 0.25) is 0 Å². The normalized spacial score (nSPS) is 13.9. The van der Waals surface area contributed by atoms with Gasteiger partial charge in [0.15, 0.2) is 5.69 Å². The van der Waals surface area contributed by atoms with Crippen LogP contribution in [0.25, 0.3) is 0 Å². The van der Waals surface area contributed by atoms with Crippen LogP contribution in [0.4, 0.5) is 21.0 Å². The Hall–Kier alpha value is -2.86. The van der Waals surface area contributed by atoms with E-state index in [1.54, 1.807) is 12.1 Å². The number of nitrogens with zero attached hydrogens (tertiary/aromatic N) is 2. The van der Waals surface area contributed by atoms with Gasteiger partial charge in [0.05, 0.1) is 0 Å². The van der Waals surface area contributed by atoms with Gasteiger partial charge >= 0.3 is 12.2 Å². The summed E-state index contributed by atoms with van der Waals surface area (Å²) in [6.07, 6.45) is 0.895. The summed E-state index contributed by atoms with van der Waals surface area (Å²) < 4.78 is -0.980. The Kier molecular flexibility index (Phi) is 8.22. The third-order valence-electron chi connectivity index (χ3n) is 5.75.